The van der Waals surface area contributed by atoms with Gasteiger partial charge in [-0.25, -0.2) is 0 Å². The van der Waals surface area contributed by atoms with E-state index in [0.717, 1.165) is 0 Å². The van der Waals surface area contributed by atoms with Gasteiger partial charge in [0, 0.05) is 30.6 Å². The number of carboxylic acid groups (broad SMARTS) is 1. The zero-order valence-corrected chi connectivity index (χ0v) is 16.1. The molecule has 10 nitrogen and oxygen atoms in total. The maximum Gasteiger partial charge on any atom is 0.303 e. The van der Waals surface area contributed by atoms with Crippen LogP contribution in [0, 0.1) is 9.81 Å². The molecular weight excluding hydrogens is 342 g/mol. The molecule has 0 aromatic heterocycles. The molecule has 1 amide bonds. The highest BCUT2D eigenvalue weighted by Gasteiger charge is 2.32. The third kappa shape index (κ3) is 8.43. The molecule has 150 valence electrons. The molecule has 0 aliphatic heterocycles. The van der Waals surface area contributed by atoms with Crippen LogP contribution < -0.4 is 16.0 Å². The quantitative estimate of drug-likeness (QED) is 0.247. The maximum absolute atomic E-state index is 11.1. The molecule has 10 heteroatoms. The predicted octanol–water partition coefficient (Wildman–Crippen LogP) is 0.992. The van der Waals surface area contributed by atoms with Crippen LogP contribution >= 0.6 is 0 Å². The highest BCUT2D eigenvalue weighted by Crippen LogP contribution is 2.18. The molecule has 3 atom stereocenters. The summed E-state index contributed by atoms with van der Waals surface area (Å²) in [5.41, 5.74) is -1.29. The molecule has 0 bridgehead atoms. The lowest BCUT2D eigenvalue weighted by Crippen LogP contribution is -2.57. The van der Waals surface area contributed by atoms with Crippen molar-refractivity contribution < 1.29 is 14.7 Å². The first kappa shape index (κ1) is 24.1. The van der Waals surface area contributed by atoms with Crippen LogP contribution in [0.2, 0.25) is 0 Å². The van der Waals surface area contributed by atoms with Gasteiger partial charge in [0.2, 0.25) is 6.41 Å². The molecule has 0 aromatic carbocycles. The van der Waals surface area contributed by atoms with Crippen LogP contribution in [0.25, 0.3) is 0 Å². The largest absolute Gasteiger partial charge is 0.481 e. The second kappa shape index (κ2) is 10.9. The molecule has 0 saturated carbocycles. The zero-order chi connectivity index (χ0) is 20.4. The molecule has 0 radical (unpaired) electrons. The number of carbonyl (C=O) groups excluding carboxylic acids is 1. The lowest BCUT2D eigenvalue weighted by atomic mass is 9.91. The van der Waals surface area contributed by atoms with Crippen molar-refractivity contribution in [3.63, 3.8) is 0 Å². The third-order valence-electron chi connectivity index (χ3n) is 4.71. The Bertz CT molecular complexity index is 484. The number of nitrogens with zero attached hydrogens (tertiary/aromatic N) is 2. The van der Waals surface area contributed by atoms with Crippen molar-refractivity contribution in [3.8, 4) is 0 Å². The van der Waals surface area contributed by atoms with Crippen molar-refractivity contribution in [1.82, 2.24) is 16.0 Å². The van der Waals surface area contributed by atoms with E-state index in [1.165, 1.54) is 0 Å². The summed E-state index contributed by atoms with van der Waals surface area (Å²) in [6.45, 7) is 9.61. The Morgan fingerprint density at radius 2 is 1.62 bits per heavy atom. The van der Waals surface area contributed by atoms with Gasteiger partial charge in [-0.1, -0.05) is 10.4 Å². The van der Waals surface area contributed by atoms with Crippen LogP contribution in [0.4, 0.5) is 0 Å². The monoisotopic (exact) mass is 373 g/mol. The average Bonchev–Trinajstić information content (AvgIpc) is 2.56. The van der Waals surface area contributed by atoms with Crippen molar-refractivity contribution in [2.24, 2.45) is 10.4 Å². The first-order valence-corrected chi connectivity index (χ1v) is 8.56. The molecular formula is C16H31N5O5. The van der Waals surface area contributed by atoms with E-state index < -0.39 is 29.1 Å². The highest BCUT2D eigenvalue weighted by atomic mass is 16.4. The third-order valence-corrected chi connectivity index (χ3v) is 4.71. The zero-order valence-electron chi connectivity index (χ0n) is 16.1. The van der Waals surface area contributed by atoms with E-state index in [1.54, 1.807) is 20.8 Å². The SMILES string of the molecule is CC(N=O)C(C)(C)NCC(CNC(C)(C)C(CCC(=O)O)N=O)NC=O. The van der Waals surface area contributed by atoms with Crippen LogP contribution in [-0.4, -0.2) is 59.8 Å². The Hall–Kier alpha value is -1.94. The number of hydrogen-bond acceptors (Lipinski definition) is 8. The van der Waals surface area contributed by atoms with Crippen molar-refractivity contribution >= 4 is 12.4 Å². The maximum atomic E-state index is 11.1. The van der Waals surface area contributed by atoms with E-state index in [1.807, 2.05) is 13.8 Å². The molecule has 0 aliphatic carbocycles. The van der Waals surface area contributed by atoms with Crippen molar-refractivity contribution in [3.05, 3.63) is 9.81 Å². The molecule has 0 spiro atoms. The van der Waals surface area contributed by atoms with Gasteiger partial charge in [-0.3, -0.25) is 9.59 Å². The van der Waals surface area contributed by atoms with Crippen molar-refractivity contribution in [2.45, 2.75) is 76.7 Å². The normalized spacial score (nSPS) is 15.6. The van der Waals surface area contributed by atoms with E-state index >= 15 is 0 Å². The lowest BCUT2D eigenvalue weighted by Gasteiger charge is -2.34. The van der Waals surface area contributed by atoms with Gasteiger partial charge >= 0.3 is 5.97 Å². The summed E-state index contributed by atoms with van der Waals surface area (Å²) >= 11 is 0. The number of nitrogens with one attached hydrogen (secondary N) is 3. The molecule has 4 N–H and O–H groups in total. The summed E-state index contributed by atoms with van der Waals surface area (Å²) in [6.07, 6.45) is 0.553. The molecule has 3 unspecified atom stereocenters. The summed E-state index contributed by atoms with van der Waals surface area (Å²) in [7, 11) is 0. The lowest BCUT2D eigenvalue weighted by molar-refractivity contribution is -0.137. The fourth-order valence-corrected chi connectivity index (χ4v) is 2.26. The molecule has 0 aliphatic rings. The van der Waals surface area contributed by atoms with E-state index in [-0.39, 0.29) is 18.9 Å². The number of nitroso groups, excluding NO2 is 2. The second-order valence-corrected chi connectivity index (χ2v) is 7.52. The Labute approximate surface area is 153 Å². The van der Waals surface area contributed by atoms with Gasteiger partial charge in [0.15, 0.2) is 0 Å². The van der Waals surface area contributed by atoms with Gasteiger partial charge in [-0.05, 0) is 41.0 Å². The first-order chi connectivity index (χ1) is 12.0. The van der Waals surface area contributed by atoms with Crippen LogP contribution in [0.1, 0.15) is 47.5 Å². The molecule has 0 heterocycles. The van der Waals surface area contributed by atoms with Gasteiger partial charge < -0.3 is 21.1 Å². The molecule has 0 aromatic rings. The Balaban J connectivity index is 4.78. The van der Waals surface area contributed by atoms with E-state index in [0.29, 0.717) is 19.5 Å². The fraction of sp³-hybridized carbons (Fsp3) is 0.875. The Morgan fingerprint density at radius 1 is 1.08 bits per heavy atom. The first-order valence-electron chi connectivity index (χ1n) is 8.56. The molecule has 0 rings (SSSR count). The topological polar surface area (TPSA) is 149 Å². The van der Waals surface area contributed by atoms with Crippen molar-refractivity contribution in [2.75, 3.05) is 13.1 Å². The van der Waals surface area contributed by atoms with Crippen LogP contribution in [0.15, 0.2) is 10.4 Å². The van der Waals surface area contributed by atoms with Crippen LogP contribution in [0.3, 0.4) is 0 Å². The molecule has 0 saturated heterocycles. The van der Waals surface area contributed by atoms with Gasteiger partial charge in [0.25, 0.3) is 0 Å². The number of carboxylic acids is 1. The van der Waals surface area contributed by atoms with Crippen LogP contribution in [-0.2, 0) is 9.59 Å². The van der Waals surface area contributed by atoms with Gasteiger partial charge in [0.05, 0.1) is 6.04 Å². The second-order valence-electron chi connectivity index (χ2n) is 7.52. The van der Waals surface area contributed by atoms with Crippen molar-refractivity contribution in [1.29, 1.82) is 0 Å². The Kier molecular flexibility index (Phi) is 10.1. The minimum Gasteiger partial charge on any atom is -0.481 e. The van der Waals surface area contributed by atoms with Gasteiger partial charge in [0.1, 0.15) is 12.1 Å². The molecule has 0 fully saturated rings. The number of amides is 1. The van der Waals surface area contributed by atoms with E-state index in [2.05, 4.69) is 26.3 Å². The summed E-state index contributed by atoms with van der Waals surface area (Å²) < 4.78 is 0. The number of aliphatic carboxylic acids is 1. The van der Waals surface area contributed by atoms with E-state index in [9.17, 15) is 19.4 Å². The van der Waals surface area contributed by atoms with Crippen LogP contribution in [0.5, 0.6) is 0 Å². The van der Waals surface area contributed by atoms with E-state index in [4.69, 9.17) is 5.11 Å². The number of hydrogen-bond donors (Lipinski definition) is 4. The smallest absolute Gasteiger partial charge is 0.303 e. The number of carbonyl (C=O) groups is 2. The minimum atomic E-state index is -0.987. The average molecular weight is 373 g/mol. The Morgan fingerprint density at radius 3 is 2.04 bits per heavy atom. The minimum absolute atomic E-state index is 0.123. The van der Waals surface area contributed by atoms with Gasteiger partial charge in [-0.2, -0.15) is 9.81 Å². The summed E-state index contributed by atoms with van der Waals surface area (Å²) in [5, 5.41) is 23.9. The summed E-state index contributed by atoms with van der Waals surface area (Å²) in [6, 6.07) is -1.49. The predicted molar refractivity (Wildman–Crippen MR) is 98.9 cm³/mol. The van der Waals surface area contributed by atoms with Gasteiger partial charge in [-0.15, -0.1) is 0 Å². The molecule has 26 heavy (non-hydrogen) atoms. The summed E-state index contributed by atoms with van der Waals surface area (Å²) in [4.78, 5) is 43.4. The number of rotatable bonds is 15. The highest BCUT2D eigenvalue weighted by molar-refractivity contribution is 5.66. The fourth-order valence-electron chi connectivity index (χ4n) is 2.26. The standard InChI is InChI=1S/C16H31N5O5/c1-11(20-25)15(2,3)18-8-12(17-10-22)9-19-16(4,5)13(21-26)6-7-14(23)24/h10-13,18-19H,6-9H2,1-5H3,(H,17,22)(H,23,24). The summed E-state index contributed by atoms with van der Waals surface area (Å²) in [5.74, 6) is -0.987.